The third-order valence-electron chi connectivity index (χ3n) is 3.81. The summed E-state index contributed by atoms with van der Waals surface area (Å²) < 4.78 is 44.8. The van der Waals surface area contributed by atoms with Crippen LogP contribution in [-0.4, -0.2) is 17.4 Å². The first kappa shape index (κ1) is 17.2. The maximum atomic E-state index is 13.0. The van der Waals surface area contributed by atoms with Gasteiger partial charge in [0.15, 0.2) is 0 Å². The summed E-state index contributed by atoms with van der Waals surface area (Å²) in [7, 11) is 0. The molecule has 1 aromatic carbocycles. The quantitative estimate of drug-likeness (QED) is 0.886. The molecule has 1 aromatic heterocycles. The van der Waals surface area contributed by atoms with Gasteiger partial charge in [-0.1, -0.05) is 6.07 Å². The van der Waals surface area contributed by atoms with Gasteiger partial charge in [0, 0.05) is 23.7 Å². The van der Waals surface area contributed by atoms with Crippen molar-refractivity contribution in [1.82, 2.24) is 4.98 Å². The monoisotopic (exact) mass is 351 g/mol. The fourth-order valence-corrected chi connectivity index (χ4v) is 2.67. The average Bonchev–Trinajstić information content (AvgIpc) is 2.54. The highest BCUT2D eigenvalue weighted by Gasteiger charge is 2.33. The summed E-state index contributed by atoms with van der Waals surface area (Å²) in [6.45, 7) is 0.216. The number of ether oxygens (including phenoxy) is 1. The number of rotatable bonds is 4. The van der Waals surface area contributed by atoms with Crippen molar-refractivity contribution < 1.29 is 22.7 Å². The van der Waals surface area contributed by atoms with Crippen molar-refractivity contribution >= 4 is 11.6 Å². The number of pyridine rings is 1. The Bertz CT molecular complexity index is 806. The second kappa shape index (κ2) is 6.72. The first-order chi connectivity index (χ1) is 11.9. The third-order valence-corrected chi connectivity index (χ3v) is 3.81. The number of carbonyl (C=O) groups excluding carboxylic acids is 1. The highest BCUT2D eigenvalue weighted by atomic mass is 19.4. The number of nitrogens with one attached hydrogen (secondary N) is 1. The number of benzene rings is 1. The number of alkyl halides is 3. The van der Waals surface area contributed by atoms with E-state index >= 15 is 0 Å². The molecule has 132 valence electrons. The number of nitrogens with zero attached hydrogens (tertiary/aromatic N) is 1. The maximum absolute atomic E-state index is 13.0. The lowest BCUT2D eigenvalue weighted by Gasteiger charge is -2.20. The smallest absolute Gasteiger partial charge is 0.433 e. The van der Waals surface area contributed by atoms with Crippen LogP contribution in [0.25, 0.3) is 0 Å². The molecule has 25 heavy (non-hydrogen) atoms. The van der Waals surface area contributed by atoms with Crippen LogP contribution < -0.4 is 15.8 Å². The van der Waals surface area contributed by atoms with E-state index in [9.17, 15) is 18.0 Å². The zero-order chi connectivity index (χ0) is 18.0. The van der Waals surface area contributed by atoms with Crippen LogP contribution in [0.4, 0.5) is 18.9 Å². The molecule has 2 heterocycles. The van der Waals surface area contributed by atoms with E-state index < -0.39 is 11.9 Å². The van der Waals surface area contributed by atoms with Crippen molar-refractivity contribution in [2.24, 2.45) is 5.73 Å². The van der Waals surface area contributed by atoms with Crippen LogP contribution in [-0.2, 0) is 23.8 Å². The van der Waals surface area contributed by atoms with Crippen LogP contribution >= 0.6 is 0 Å². The van der Waals surface area contributed by atoms with Crippen LogP contribution in [0.15, 0.2) is 30.3 Å². The van der Waals surface area contributed by atoms with Crippen LogP contribution in [0.5, 0.6) is 11.6 Å². The van der Waals surface area contributed by atoms with E-state index in [1.165, 1.54) is 6.07 Å². The Hall–Kier alpha value is -2.61. The minimum Gasteiger partial charge on any atom is -0.439 e. The average molecular weight is 351 g/mol. The zero-order valence-electron chi connectivity index (χ0n) is 13.2. The lowest BCUT2D eigenvalue weighted by atomic mass is 10.0. The Balaban J connectivity index is 1.97. The Kier molecular flexibility index (Phi) is 4.63. The van der Waals surface area contributed by atoms with Gasteiger partial charge in [0.05, 0.1) is 0 Å². The fourth-order valence-electron chi connectivity index (χ4n) is 2.67. The van der Waals surface area contributed by atoms with E-state index in [2.05, 4.69) is 10.3 Å². The number of nitrogens with two attached hydrogens (primary N) is 1. The van der Waals surface area contributed by atoms with E-state index in [4.69, 9.17) is 10.5 Å². The van der Waals surface area contributed by atoms with Crippen molar-refractivity contribution in [3.8, 4) is 11.6 Å². The van der Waals surface area contributed by atoms with Crippen molar-refractivity contribution in [2.45, 2.75) is 25.4 Å². The standard InChI is InChI=1S/C17H16F3N3O2/c18-17(19,20)14-8-10(6-7-21)9-16(23-14)25-13-3-1-2-12-11(13)4-5-15(24)22-12/h1-3,8-9H,4-7,21H2,(H,22,24). The molecule has 0 spiro atoms. The number of carbonyl (C=O) groups is 1. The molecule has 0 bridgehead atoms. The maximum Gasteiger partial charge on any atom is 0.433 e. The largest absolute Gasteiger partial charge is 0.439 e. The SMILES string of the molecule is NCCc1cc(Oc2cccc3c2CCC(=O)N3)nc(C(F)(F)F)c1. The van der Waals surface area contributed by atoms with E-state index in [0.29, 0.717) is 29.8 Å². The van der Waals surface area contributed by atoms with Crippen molar-refractivity contribution in [3.05, 3.63) is 47.2 Å². The molecule has 0 unspecified atom stereocenters. The van der Waals surface area contributed by atoms with E-state index in [1.807, 2.05) is 0 Å². The molecule has 0 atom stereocenters. The minimum atomic E-state index is -4.58. The summed E-state index contributed by atoms with van der Waals surface area (Å²) in [4.78, 5) is 15.0. The summed E-state index contributed by atoms with van der Waals surface area (Å²) in [6.07, 6.45) is -3.55. The molecule has 5 nitrogen and oxygen atoms in total. The second-order valence-corrected chi connectivity index (χ2v) is 5.67. The highest BCUT2D eigenvalue weighted by Crippen LogP contribution is 2.35. The summed E-state index contributed by atoms with van der Waals surface area (Å²) in [6, 6.07) is 7.44. The van der Waals surface area contributed by atoms with Crippen LogP contribution in [0.1, 0.15) is 23.2 Å². The first-order valence-electron chi connectivity index (χ1n) is 7.74. The lowest BCUT2D eigenvalue weighted by Crippen LogP contribution is -2.19. The number of hydrogen-bond donors (Lipinski definition) is 2. The minimum absolute atomic E-state index is 0.105. The Morgan fingerprint density at radius 1 is 1.24 bits per heavy atom. The molecule has 1 aliphatic rings. The molecule has 0 aliphatic carbocycles. The molecule has 2 aromatic rings. The first-order valence-corrected chi connectivity index (χ1v) is 7.74. The van der Waals surface area contributed by atoms with Gasteiger partial charge >= 0.3 is 6.18 Å². The zero-order valence-corrected chi connectivity index (χ0v) is 13.2. The normalized spacial score (nSPS) is 14.0. The molecular weight excluding hydrogens is 335 g/mol. The molecule has 0 radical (unpaired) electrons. The van der Waals surface area contributed by atoms with Crippen LogP contribution in [0.3, 0.4) is 0 Å². The van der Waals surface area contributed by atoms with E-state index in [1.54, 1.807) is 18.2 Å². The molecule has 3 N–H and O–H groups in total. The topological polar surface area (TPSA) is 77.2 Å². The summed E-state index contributed by atoms with van der Waals surface area (Å²) in [5.41, 5.74) is 6.16. The van der Waals surface area contributed by atoms with Crippen molar-refractivity contribution in [3.63, 3.8) is 0 Å². The second-order valence-electron chi connectivity index (χ2n) is 5.67. The Morgan fingerprint density at radius 2 is 2.04 bits per heavy atom. The van der Waals surface area contributed by atoms with Gasteiger partial charge in [0.2, 0.25) is 11.8 Å². The highest BCUT2D eigenvalue weighted by molar-refractivity contribution is 5.94. The molecule has 0 fully saturated rings. The Labute approximate surface area is 142 Å². The predicted octanol–water partition coefficient (Wildman–Crippen LogP) is 3.28. The van der Waals surface area contributed by atoms with Gasteiger partial charge in [0.1, 0.15) is 11.4 Å². The van der Waals surface area contributed by atoms with E-state index in [0.717, 1.165) is 11.6 Å². The van der Waals surface area contributed by atoms with Gasteiger partial charge in [-0.25, -0.2) is 4.98 Å². The van der Waals surface area contributed by atoms with Crippen LogP contribution in [0, 0.1) is 0 Å². The summed E-state index contributed by atoms with van der Waals surface area (Å²) in [5.74, 6) is 0.124. The molecule has 0 saturated heterocycles. The number of anilines is 1. The molecule has 3 rings (SSSR count). The molecule has 0 saturated carbocycles. The number of halogens is 3. The summed E-state index contributed by atoms with van der Waals surface area (Å²) in [5, 5.41) is 2.72. The summed E-state index contributed by atoms with van der Waals surface area (Å²) >= 11 is 0. The van der Waals surface area contributed by atoms with Gasteiger partial charge in [-0.3, -0.25) is 4.79 Å². The van der Waals surface area contributed by atoms with Crippen molar-refractivity contribution in [1.29, 1.82) is 0 Å². The molecule has 1 aliphatic heterocycles. The van der Waals surface area contributed by atoms with Gasteiger partial charge in [-0.2, -0.15) is 13.2 Å². The van der Waals surface area contributed by atoms with Gasteiger partial charge in [0.25, 0.3) is 0 Å². The predicted molar refractivity (Wildman–Crippen MR) is 85.5 cm³/mol. The van der Waals surface area contributed by atoms with E-state index in [-0.39, 0.29) is 24.8 Å². The molecular formula is C17H16F3N3O2. The molecule has 1 amide bonds. The molecule has 8 heteroatoms. The van der Waals surface area contributed by atoms with Gasteiger partial charge in [-0.15, -0.1) is 0 Å². The van der Waals surface area contributed by atoms with Gasteiger partial charge in [-0.05, 0) is 43.1 Å². The van der Waals surface area contributed by atoms with Gasteiger partial charge < -0.3 is 15.8 Å². The third kappa shape index (κ3) is 3.90. The number of hydrogen-bond acceptors (Lipinski definition) is 4. The van der Waals surface area contributed by atoms with Crippen LogP contribution in [0.2, 0.25) is 0 Å². The Morgan fingerprint density at radius 3 is 2.76 bits per heavy atom. The fraction of sp³-hybridized carbons (Fsp3) is 0.294. The lowest BCUT2D eigenvalue weighted by molar-refractivity contribution is -0.141. The number of aromatic nitrogens is 1. The van der Waals surface area contributed by atoms with Crippen molar-refractivity contribution in [2.75, 3.05) is 11.9 Å². The number of fused-ring (bicyclic) bond motifs is 1. The number of amides is 1.